The van der Waals surface area contributed by atoms with Crippen molar-refractivity contribution in [3.05, 3.63) is 61.8 Å². The molecule has 1 aromatic heterocycles. The number of hydrogen-bond donors (Lipinski definition) is 0. The molecule has 25 heavy (non-hydrogen) atoms. The largest absolute Gasteiger partial charge is 0.380 e. The number of carbonyl (C=O) groups excluding carboxylic acids is 1. The zero-order valence-electron chi connectivity index (χ0n) is 13.5. The third-order valence-corrected chi connectivity index (χ3v) is 5.84. The Morgan fingerprint density at radius 1 is 1.24 bits per heavy atom. The highest BCUT2D eigenvalue weighted by Gasteiger charge is 2.11. The molecule has 0 saturated carbocycles. The minimum Gasteiger partial charge on any atom is -0.380 e. The Bertz CT molecular complexity index is 979. The van der Waals surface area contributed by atoms with Gasteiger partial charge in [0.1, 0.15) is 0 Å². The molecule has 130 valence electrons. The number of rotatable bonds is 5. The van der Waals surface area contributed by atoms with Crippen LogP contribution in [0.5, 0.6) is 0 Å². The third kappa shape index (κ3) is 4.28. The van der Waals surface area contributed by atoms with E-state index < -0.39 is 0 Å². The average Bonchev–Trinajstić information content (AvgIpc) is 2.92. The van der Waals surface area contributed by atoms with E-state index in [1.54, 1.807) is 6.07 Å². The average molecular weight is 484 g/mol. The summed E-state index contributed by atoms with van der Waals surface area (Å²) in [6.07, 6.45) is 0. The van der Waals surface area contributed by atoms with Crippen LogP contribution in [0.3, 0.4) is 0 Å². The fourth-order valence-corrected chi connectivity index (χ4v) is 4.49. The summed E-state index contributed by atoms with van der Waals surface area (Å²) < 4.78 is 10.3. The lowest BCUT2D eigenvalue weighted by molar-refractivity contribution is 0.0996. The van der Waals surface area contributed by atoms with Crippen LogP contribution in [0.15, 0.2) is 56.4 Å². The Morgan fingerprint density at radius 2 is 2.04 bits per heavy atom. The van der Waals surface area contributed by atoms with Crippen LogP contribution in [0, 0.1) is 0 Å². The first-order chi connectivity index (χ1) is 12.1. The molecule has 0 fully saturated rings. The quantitative estimate of drug-likeness (QED) is 0.479. The number of ether oxygens (including phenoxy) is 1. The van der Waals surface area contributed by atoms with Crippen molar-refractivity contribution in [1.82, 2.24) is 4.57 Å². The number of amides is 1. The maximum Gasteiger partial charge on any atom is 0.280 e. The van der Waals surface area contributed by atoms with Gasteiger partial charge in [0.15, 0.2) is 4.80 Å². The lowest BCUT2D eigenvalue weighted by Gasteiger charge is -2.05. The summed E-state index contributed by atoms with van der Waals surface area (Å²) in [6.45, 7) is 3.86. The third-order valence-electron chi connectivity index (χ3n) is 3.61. The Morgan fingerprint density at radius 3 is 2.80 bits per heavy atom. The van der Waals surface area contributed by atoms with Gasteiger partial charge in [-0.1, -0.05) is 39.4 Å². The number of aromatic nitrogens is 1. The van der Waals surface area contributed by atoms with E-state index in [0.717, 1.165) is 19.2 Å². The normalized spacial score (nSPS) is 12.0. The first-order valence-electron chi connectivity index (χ1n) is 7.80. The van der Waals surface area contributed by atoms with Gasteiger partial charge in [0.05, 0.1) is 22.4 Å². The second kappa shape index (κ2) is 8.40. The van der Waals surface area contributed by atoms with Gasteiger partial charge in [-0.3, -0.25) is 4.79 Å². The molecule has 0 N–H and O–H groups in total. The molecule has 0 aliphatic carbocycles. The van der Waals surface area contributed by atoms with Gasteiger partial charge in [-0.05, 0) is 53.2 Å². The Kier molecular flexibility index (Phi) is 6.22. The Hall–Kier alpha value is -1.28. The molecule has 3 aromatic rings. The molecule has 1 amide bonds. The first-order valence-corrected chi connectivity index (χ1v) is 10.2. The van der Waals surface area contributed by atoms with E-state index >= 15 is 0 Å². The lowest BCUT2D eigenvalue weighted by atomic mass is 10.2. The standard InChI is InChI=1S/C18H16Br2N2O2S/c1-2-24-10-9-22-15-8-7-12(19)11-16(15)25-18(22)21-17(23)13-5-3-4-6-14(13)20/h3-8,11H,2,9-10H2,1H3. The summed E-state index contributed by atoms with van der Waals surface area (Å²) in [7, 11) is 0. The highest BCUT2D eigenvalue weighted by atomic mass is 79.9. The maximum atomic E-state index is 12.6. The minimum atomic E-state index is -0.261. The molecule has 2 aromatic carbocycles. The van der Waals surface area contributed by atoms with Crippen molar-refractivity contribution in [1.29, 1.82) is 0 Å². The zero-order chi connectivity index (χ0) is 17.8. The molecule has 7 heteroatoms. The second-order valence-corrected chi connectivity index (χ2v) is 8.02. The Balaban J connectivity index is 2.08. The molecule has 0 aliphatic heterocycles. The molecule has 0 unspecified atom stereocenters. The van der Waals surface area contributed by atoms with E-state index in [4.69, 9.17) is 4.74 Å². The van der Waals surface area contributed by atoms with Crippen molar-refractivity contribution < 1.29 is 9.53 Å². The van der Waals surface area contributed by atoms with Gasteiger partial charge in [0.25, 0.3) is 5.91 Å². The van der Waals surface area contributed by atoms with Crippen LogP contribution in [0.2, 0.25) is 0 Å². The van der Waals surface area contributed by atoms with Gasteiger partial charge in [-0.25, -0.2) is 0 Å². The summed E-state index contributed by atoms with van der Waals surface area (Å²) >= 11 is 8.41. The number of halogens is 2. The second-order valence-electron chi connectivity index (χ2n) is 5.24. The van der Waals surface area contributed by atoms with E-state index in [1.165, 1.54) is 11.3 Å². The molecule has 0 spiro atoms. The van der Waals surface area contributed by atoms with Gasteiger partial charge >= 0.3 is 0 Å². The first kappa shape index (κ1) is 18.5. The summed E-state index contributed by atoms with van der Waals surface area (Å²) in [6, 6.07) is 13.4. The zero-order valence-corrected chi connectivity index (χ0v) is 17.5. The van der Waals surface area contributed by atoms with E-state index in [1.807, 2.05) is 47.9 Å². The Labute approximate surface area is 166 Å². The van der Waals surface area contributed by atoms with Crippen molar-refractivity contribution in [2.45, 2.75) is 13.5 Å². The molecular weight excluding hydrogens is 468 g/mol. The van der Waals surface area contributed by atoms with Crippen LogP contribution in [0.1, 0.15) is 17.3 Å². The van der Waals surface area contributed by atoms with Crippen molar-refractivity contribution in [3.8, 4) is 0 Å². The van der Waals surface area contributed by atoms with Crippen molar-refractivity contribution in [2.24, 2.45) is 4.99 Å². The highest BCUT2D eigenvalue weighted by molar-refractivity contribution is 9.10. The predicted octanol–water partition coefficient (Wildman–Crippen LogP) is 5.01. The maximum absolute atomic E-state index is 12.6. The summed E-state index contributed by atoms with van der Waals surface area (Å²) in [4.78, 5) is 17.7. The van der Waals surface area contributed by atoms with E-state index in [2.05, 4.69) is 36.9 Å². The number of hydrogen-bond acceptors (Lipinski definition) is 3. The van der Waals surface area contributed by atoms with Gasteiger partial charge in [0.2, 0.25) is 0 Å². The summed E-state index contributed by atoms with van der Waals surface area (Å²) in [5, 5.41) is 0. The topological polar surface area (TPSA) is 43.6 Å². The summed E-state index contributed by atoms with van der Waals surface area (Å²) in [5.74, 6) is -0.261. The number of carbonyl (C=O) groups is 1. The SMILES string of the molecule is CCOCCn1c(=NC(=O)c2ccccc2Br)sc2cc(Br)ccc21. The van der Waals surface area contributed by atoms with Crippen LogP contribution < -0.4 is 4.80 Å². The lowest BCUT2D eigenvalue weighted by Crippen LogP contribution is -2.19. The number of thiazole rings is 1. The molecule has 0 radical (unpaired) electrons. The number of benzene rings is 2. The highest BCUT2D eigenvalue weighted by Crippen LogP contribution is 2.23. The van der Waals surface area contributed by atoms with E-state index in [0.29, 0.717) is 30.1 Å². The summed E-state index contributed by atoms with van der Waals surface area (Å²) in [5.41, 5.74) is 1.60. The van der Waals surface area contributed by atoms with E-state index in [-0.39, 0.29) is 5.91 Å². The molecule has 0 atom stereocenters. The number of fused-ring (bicyclic) bond motifs is 1. The molecular formula is C18H16Br2N2O2S. The predicted molar refractivity (Wildman–Crippen MR) is 108 cm³/mol. The smallest absolute Gasteiger partial charge is 0.280 e. The van der Waals surface area contributed by atoms with Gasteiger partial charge < -0.3 is 9.30 Å². The van der Waals surface area contributed by atoms with Crippen molar-refractivity contribution >= 4 is 59.3 Å². The van der Waals surface area contributed by atoms with Crippen LogP contribution in [-0.4, -0.2) is 23.7 Å². The molecule has 3 rings (SSSR count). The van der Waals surface area contributed by atoms with E-state index in [9.17, 15) is 4.79 Å². The monoisotopic (exact) mass is 482 g/mol. The van der Waals surface area contributed by atoms with Gasteiger partial charge in [-0.15, -0.1) is 0 Å². The molecule has 4 nitrogen and oxygen atoms in total. The van der Waals surface area contributed by atoms with Crippen LogP contribution in [0.25, 0.3) is 10.2 Å². The fraction of sp³-hybridized carbons (Fsp3) is 0.222. The fourth-order valence-electron chi connectivity index (χ4n) is 2.43. The molecule has 0 bridgehead atoms. The van der Waals surface area contributed by atoms with Gasteiger partial charge in [0, 0.05) is 22.1 Å². The molecule has 0 aliphatic rings. The molecule has 1 heterocycles. The van der Waals surface area contributed by atoms with Crippen LogP contribution >= 0.6 is 43.2 Å². The van der Waals surface area contributed by atoms with Gasteiger partial charge in [-0.2, -0.15) is 4.99 Å². The number of nitrogens with zero attached hydrogens (tertiary/aromatic N) is 2. The van der Waals surface area contributed by atoms with Crippen LogP contribution in [0.4, 0.5) is 0 Å². The van der Waals surface area contributed by atoms with Crippen molar-refractivity contribution in [3.63, 3.8) is 0 Å². The van der Waals surface area contributed by atoms with Crippen molar-refractivity contribution in [2.75, 3.05) is 13.2 Å². The molecule has 0 saturated heterocycles. The van der Waals surface area contributed by atoms with Crippen LogP contribution in [-0.2, 0) is 11.3 Å². The minimum absolute atomic E-state index is 0.261.